The minimum Gasteiger partial charge on any atom is -0.297 e. The van der Waals surface area contributed by atoms with Gasteiger partial charge in [-0.2, -0.15) is 5.26 Å². The highest BCUT2D eigenvalue weighted by molar-refractivity contribution is 7.13. The topological polar surface area (TPSA) is 40.9 Å². The van der Waals surface area contributed by atoms with Crippen LogP contribution >= 0.6 is 11.3 Å². The van der Waals surface area contributed by atoms with Gasteiger partial charge in [0.15, 0.2) is 6.29 Å². The molecule has 0 atom stereocenters. The summed E-state index contributed by atoms with van der Waals surface area (Å²) in [5.74, 6) is 0. The quantitative estimate of drug-likeness (QED) is 0.654. The van der Waals surface area contributed by atoms with Crippen LogP contribution in [0, 0.1) is 11.3 Å². The van der Waals surface area contributed by atoms with Gasteiger partial charge in [0.25, 0.3) is 0 Å². The number of nitrogens with zero attached hydrogens (tertiary/aromatic N) is 1. The van der Waals surface area contributed by atoms with Gasteiger partial charge in [-0.25, -0.2) is 0 Å². The van der Waals surface area contributed by atoms with Crippen LogP contribution in [0.3, 0.4) is 0 Å². The van der Waals surface area contributed by atoms with Crippen LogP contribution in [0.25, 0.3) is 0 Å². The van der Waals surface area contributed by atoms with Crippen LogP contribution in [0.1, 0.15) is 28.4 Å². The monoisotopic (exact) mass is 179 g/mol. The van der Waals surface area contributed by atoms with Crippen molar-refractivity contribution in [1.29, 1.82) is 5.26 Å². The molecule has 3 heteroatoms. The summed E-state index contributed by atoms with van der Waals surface area (Å²) < 4.78 is 0. The van der Waals surface area contributed by atoms with E-state index in [4.69, 9.17) is 5.26 Å². The maximum Gasteiger partial charge on any atom is 0.160 e. The predicted molar refractivity (Wildman–Crippen MR) is 48.3 cm³/mol. The lowest BCUT2D eigenvalue weighted by molar-refractivity contribution is 0.112. The number of carbonyl (C=O) groups excluding carboxylic acids is 1. The Morgan fingerprint density at radius 2 is 2.25 bits per heavy atom. The fourth-order valence-electron chi connectivity index (χ4n) is 0.807. The molecule has 1 aromatic heterocycles. The second-order valence-electron chi connectivity index (χ2n) is 3.06. The molecule has 0 saturated heterocycles. The van der Waals surface area contributed by atoms with Gasteiger partial charge in [0.2, 0.25) is 0 Å². The number of carbonyl (C=O) groups is 1. The summed E-state index contributed by atoms with van der Waals surface area (Å²) in [4.78, 5) is 12.0. The van der Waals surface area contributed by atoms with E-state index in [1.54, 1.807) is 6.07 Å². The van der Waals surface area contributed by atoms with Crippen molar-refractivity contribution >= 4 is 17.6 Å². The molecular weight excluding hydrogens is 170 g/mol. The Kier molecular flexibility index (Phi) is 2.30. The molecule has 0 fully saturated rings. The normalized spacial score (nSPS) is 10.8. The Morgan fingerprint density at radius 1 is 1.58 bits per heavy atom. The maximum atomic E-state index is 10.4. The fourth-order valence-corrected chi connectivity index (χ4v) is 1.68. The summed E-state index contributed by atoms with van der Waals surface area (Å²) in [5.41, 5.74) is -0.480. The SMILES string of the molecule is CC(C)(C#N)c1ccc(C=O)s1. The van der Waals surface area contributed by atoms with Crippen LogP contribution in [0.4, 0.5) is 0 Å². The first-order chi connectivity index (χ1) is 5.60. The molecule has 0 N–H and O–H groups in total. The van der Waals surface area contributed by atoms with Crippen molar-refractivity contribution in [3.8, 4) is 6.07 Å². The Bertz CT molecular complexity index is 333. The zero-order valence-electron chi connectivity index (χ0n) is 7.00. The van der Waals surface area contributed by atoms with Gasteiger partial charge in [0.05, 0.1) is 16.4 Å². The molecule has 62 valence electrons. The molecule has 1 rings (SSSR count). The number of hydrogen-bond acceptors (Lipinski definition) is 3. The molecule has 0 spiro atoms. The Balaban J connectivity index is 3.05. The molecule has 0 unspecified atom stereocenters. The Morgan fingerprint density at radius 3 is 2.67 bits per heavy atom. The van der Waals surface area contributed by atoms with Crippen LogP contribution < -0.4 is 0 Å². The second kappa shape index (κ2) is 3.08. The maximum absolute atomic E-state index is 10.4. The molecule has 0 bridgehead atoms. The molecular formula is C9H9NOS. The largest absolute Gasteiger partial charge is 0.297 e. The molecule has 0 aliphatic rings. The Labute approximate surface area is 75.5 Å². The molecule has 0 radical (unpaired) electrons. The zero-order valence-corrected chi connectivity index (χ0v) is 7.81. The summed E-state index contributed by atoms with van der Waals surface area (Å²) in [7, 11) is 0. The summed E-state index contributed by atoms with van der Waals surface area (Å²) in [6, 6.07) is 5.76. The van der Waals surface area contributed by atoms with Gasteiger partial charge in [-0.1, -0.05) is 0 Å². The van der Waals surface area contributed by atoms with E-state index < -0.39 is 5.41 Å². The number of thiophene rings is 1. The highest BCUT2D eigenvalue weighted by Crippen LogP contribution is 2.28. The van der Waals surface area contributed by atoms with Crippen LogP contribution in [0.15, 0.2) is 12.1 Å². The minimum absolute atomic E-state index is 0.480. The van der Waals surface area contributed by atoms with E-state index >= 15 is 0 Å². The van der Waals surface area contributed by atoms with Gasteiger partial charge >= 0.3 is 0 Å². The van der Waals surface area contributed by atoms with Crippen molar-refractivity contribution in [3.63, 3.8) is 0 Å². The van der Waals surface area contributed by atoms with Crippen molar-refractivity contribution < 1.29 is 4.79 Å². The van der Waals surface area contributed by atoms with Gasteiger partial charge in [0.1, 0.15) is 0 Å². The van der Waals surface area contributed by atoms with E-state index in [1.807, 2.05) is 19.9 Å². The third kappa shape index (κ3) is 1.54. The molecule has 12 heavy (non-hydrogen) atoms. The van der Waals surface area contributed by atoms with Gasteiger partial charge in [-0.15, -0.1) is 11.3 Å². The Hall–Kier alpha value is -1.14. The van der Waals surface area contributed by atoms with Crippen molar-refractivity contribution in [1.82, 2.24) is 0 Å². The van der Waals surface area contributed by atoms with E-state index in [0.717, 1.165) is 11.2 Å². The van der Waals surface area contributed by atoms with Gasteiger partial charge in [-0.3, -0.25) is 4.79 Å². The van der Waals surface area contributed by atoms with Gasteiger partial charge < -0.3 is 0 Å². The van der Waals surface area contributed by atoms with E-state index in [1.165, 1.54) is 11.3 Å². The average Bonchev–Trinajstić information content (AvgIpc) is 2.52. The van der Waals surface area contributed by atoms with Gasteiger partial charge in [-0.05, 0) is 26.0 Å². The van der Waals surface area contributed by atoms with E-state index in [9.17, 15) is 4.79 Å². The van der Waals surface area contributed by atoms with E-state index in [0.29, 0.717) is 4.88 Å². The second-order valence-corrected chi connectivity index (χ2v) is 4.17. The fraction of sp³-hybridized carbons (Fsp3) is 0.333. The van der Waals surface area contributed by atoms with E-state index in [-0.39, 0.29) is 0 Å². The molecule has 1 aromatic rings. The van der Waals surface area contributed by atoms with Crippen molar-refractivity contribution in [2.45, 2.75) is 19.3 Å². The number of hydrogen-bond donors (Lipinski definition) is 0. The predicted octanol–water partition coefficient (Wildman–Crippen LogP) is 2.36. The van der Waals surface area contributed by atoms with Crippen molar-refractivity contribution in [2.24, 2.45) is 0 Å². The number of nitriles is 1. The van der Waals surface area contributed by atoms with Crippen molar-refractivity contribution in [3.05, 3.63) is 21.9 Å². The third-order valence-electron chi connectivity index (χ3n) is 1.64. The van der Waals surface area contributed by atoms with Crippen LogP contribution in [-0.4, -0.2) is 6.29 Å². The van der Waals surface area contributed by atoms with E-state index in [2.05, 4.69) is 6.07 Å². The molecule has 0 saturated carbocycles. The number of aldehydes is 1. The zero-order chi connectivity index (χ0) is 9.19. The molecule has 0 aliphatic heterocycles. The average molecular weight is 179 g/mol. The first-order valence-corrected chi connectivity index (χ1v) is 4.38. The smallest absolute Gasteiger partial charge is 0.160 e. The first kappa shape index (κ1) is 8.95. The first-order valence-electron chi connectivity index (χ1n) is 3.57. The van der Waals surface area contributed by atoms with Crippen molar-refractivity contribution in [2.75, 3.05) is 0 Å². The molecule has 0 amide bonds. The number of rotatable bonds is 2. The summed E-state index contributed by atoms with van der Waals surface area (Å²) in [6.45, 7) is 3.68. The lowest BCUT2D eigenvalue weighted by Gasteiger charge is -2.11. The standard InChI is InChI=1S/C9H9NOS/c1-9(2,6-10)8-4-3-7(5-11)12-8/h3-5H,1-2H3. The lowest BCUT2D eigenvalue weighted by Crippen LogP contribution is -2.10. The summed E-state index contributed by atoms with van der Waals surface area (Å²) in [6.07, 6.45) is 0.807. The van der Waals surface area contributed by atoms with Gasteiger partial charge in [0, 0.05) is 4.88 Å². The highest BCUT2D eigenvalue weighted by atomic mass is 32.1. The molecule has 0 aromatic carbocycles. The third-order valence-corrected chi connectivity index (χ3v) is 2.97. The molecule has 1 heterocycles. The highest BCUT2D eigenvalue weighted by Gasteiger charge is 2.21. The van der Waals surface area contributed by atoms with Crippen LogP contribution in [0.5, 0.6) is 0 Å². The molecule has 2 nitrogen and oxygen atoms in total. The molecule has 0 aliphatic carbocycles. The van der Waals surface area contributed by atoms with Crippen LogP contribution in [-0.2, 0) is 5.41 Å². The summed E-state index contributed by atoms with van der Waals surface area (Å²) >= 11 is 1.37. The lowest BCUT2D eigenvalue weighted by atomic mass is 9.94. The summed E-state index contributed by atoms with van der Waals surface area (Å²) in [5, 5.41) is 8.80. The minimum atomic E-state index is -0.480. The van der Waals surface area contributed by atoms with Crippen LogP contribution in [0.2, 0.25) is 0 Å².